The van der Waals surface area contributed by atoms with E-state index in [1.54, 1.807) is 0 Å². The molecule has 0 bridgehead atoms. The Hall–Kier alpha value is -2.63. The number of hydrogen-bond donors (Lipinski definition) is 1. The van der Waals surface area contributed by atoms with Gasteiger partial charge >= 0.3 is 0 Å². The van der Waals surface area contributed by atoms with Gasteiger partial charge in [0, 0.05) is 10.6 Å². The van der Waals surface area contributed by atoms with Crippen molar-refractivity contribution in [2.75, 3.05) is 0 Å². The molecule has 0 aliphatic heterocycles. The van der Waals surface area contributed by atoms with E-state index in [1.165, 1.54) is 23.1 Å². The summed E-state index contributed by atoms with van der Waals surface area (Å²) in [7, 11) is 0. The van der Waals surface area contributed by atoms with Gasteiger partial charge < -0.3 is 5.73 Å². The van der Waals surface area contributed by atoms with Crippen LogP contribution in [0.3, 0.4) is 0 Å². The van der Waals surface area contributed by atoms with Crippen LogP contribution in [0.2, 0.25) is 0 Å². The molecule has 2 N–H and O–H groups in total. The van der Waals surface area contributed by atoms with E-state index >= 15 is 0 Å². The third-order valence-corrected chi connectivity index (χ3v) is 6.12. The number of nitriles is 1. The molecule has 0 fully saturated rings. The van der Waals surface area contributed by atoms with Gasteiger partial charge in [-0.2, -0.15) is 10.4 Å². The average molecular weight is 384 g/mol. The highest BCUT2D eigenvalue weighted by Gasteiger charge is 2.18. The molecule has 26 heavy (non-hydrogen) atoms. The molecule has 0 radical (unpaired) electrons. The maximum Gasteiger partial charge on any atom is 0.222 e. The van der Waals surface area contributed by atoms with E-state index < -0.39 is 0 Å². The average Bonchev–Trinajstić information content (AvgIpc) is 3.12. The molecule has 0 atom stereocenters. The van der Waals surface area contributed by atoms with Gasteiger partial charge in [-0.1, -0.05) is 30.0 Å². The molecule has 2 aromatic heterocycles. The van der Waals surface area contributed by atoms with Crippen LogP contribution < -0.4 is 5.73 Å². The van der Waals surface area contributed by atoms with Crippen LogP contribution in [0.15, 0.2) is 34.7 Å². The minimum absolute atomic E-state index is 0.203. The van der Waals surface area contributed by atoms with E-state index in [0.717, 1.165) is 26.3 Å². The predicted molar refractivity (Wildman–Crippen MR) is 102 cm³/mol. The van der Waals surface area contributed by atoms with Crippen molar-refractivity contribution in [1.29, 1.82) is 5.26 Å². The lowest BCUT2D eigenvalue weighted by Crippen LogP contribution is -2.13. The lowest BCUT2D eigenvalue weighted by Gasteiger charge is -2.06. The number of aryl methyl sites for hydroxylation is 2. The highest BCUT2D eigenvalue weighted by molar-refractivity contribution is 8.00. The highest BCUT2D eigenvalue weighted by Crippen LogP contribution is 2.32. The minimum atomic E-state index is -0.363. The Balaban J connectivity index is 1.88. The fourth-order valence-corrected chi connectivity index (χ4v) is 4.80. The fourth-order valence-electron chi connectivity index (χ4n) is 2.55. The van der Waals surface area contributed by atoms with Gasteiger partial charge in [-0.25, -0.2) is 9.67 Å². The summed E-state index contributed by atoms with van der Waals surface area (Å²) in [6, 6.07) is 12.0. The fraction of sp³-hybridized carbons (Fsp3) is 0.222. The lowest BCUT2D eigenvalue weighted by atomic mass is 10.2. The topological polar surface area (TPSA) is 97.6 Å². The largest absolute Gasteiger partial charge is 0.369 e. The molecular formula is C18H17N5OS2. The van der Waals surface area contributed by atoms with Gasteiger partial charge in [0.25, 0.3) is 0 Å². The van der Waals surface area contributed by atoms with Gasteiger partial charge in [0.2, 0.25) is 5.91 Å². The smallest absolute Gasteiger partial charge is 0.222 e. The molecule has 0 aliphatic rings. The SMILES string of the molecule is Cc1nc(SCc2c(C#N)c(C)nn2-c2ccccc2)sc1CC(N)=O. The molecule has 3 aromatic rings. The van der Waals surface area contributed by atoms with Crippen molar-refractivity contribution < 1.29 is 4.79 Å². The molecule has 0 unspecified atom stereocenters. The lowest BCUT2D eigenvalue weighted by molar-refractivity contribution is -0.117. The number of para-hydroxylation sites is 1. The zero-order chi connectivity index (χ0) is 18.7. The summed E-state index contributed by atoms with van der Waals surface area (Å²) in [6.07, 6.45) is 0.203. The number of carbonyl (C=O) groups excluding carboxylic acids is 1. The van der Waals surface area contributed by atoms with Crippen molar-refractivity contribution >= 4 is 29.0 Å². The Morgan fingerprint density at radius 3 is 2.69 bits per heavy atom. The molecule has 0 aliphatic carbocycles. The molecule has 3 rings (SSSR count). The van der Waals surface area contributed by atoms with Crippen LogP contribution in [0.5, 0.6) is 0 Å². The number of hydrogen-bond acceptors (Lipinski definition) is 6. The normalized spacial score (nSPS) is 10.7. The number of benzene rings is 1. The Kier molecular flexibility index (Phi) is 5.40. The second-order valence-electron chi connectivity index (χ2n) is 5.69. The zero-order valence-electron chi connectivity index (χ0n) is 14.4. The second kappa shape index (κ2) is 7.72. The summed E-state index contributed by atoms with van der Waals surface area (Å²) < 4.78 is 2.66. The van der Waals surface area contributed by atoms with Crippen molar-refractivity contribution in [3.05, 3.63) is 57.9 Å². The maximum absolute atomic E-state index is 11.1. The van der Waals surface area contributed by atoms with E-state index in [1.807, 2.05) is 48.9 Å². The Morgan fingerprint density at radius 2 is 2.04 bits per heavy atom. The molecule has 132 valence electrons. The van der Waals surface area contributed by atoms with Crippen LogP contribution in [0, 0.1) is 25.2 Å². The Morgan fingerprint density at radius 1 is 1.31 bits per heavy atom. The van der Waals surface area contributed by atoms with Gasteiger partial charge in [-0.05, 0) is 26.0 Å². The standard InChI is InChI=1S/C18H17N5OS2/c1-11-14(9-19)15(23(22-11)13-6-4-3-5-7-13)10-25-18-21-12(2)16(26-18)8-17(20)24/h3-7H,8,10H2,1-2H3,(H2,20,24). The van der Waals surface area contributed by atoms with Gasteiger partial charge in [0.15, 0.2) is 4.34 Å². The maximum atomic E-state index is 11.1. The van der Waals surface area contributed by atoms with E-state index in [4.69, 9.17) is 5.73 Å². The highest BCUT2D eigenvalue weighted by atomic mass is 32.2. The molecule has 6 nitrogen and oxygen atoms in total. The van der Waals surface area contributed by atoms with Crippen LogP contribution in [-0.4, -0.2) is 20.7 Å². The van der Waals surface area contributed by atoms with Crippen LogP contribution in [-0.2, 0) is 17.0 Å². The number of aromatic nitrogens is 3. The molecule has 2 heterocycles. The van der Waals surface area contributed by atoms with Gasteiger partial charge in [0.1, 0.15) is 6.07 Å². The first-order chi connectivity index (χ1) is 12.5. The Bertz CT molecular complexity index is 985. The van der Waals surface area contributed by atoms with Crippen molar-refractivity contribution in [1.82, 2.24) is 14.8 Å². The summed E-state index contributed by atoms with van der Waals surface area (Å²) in [5, 5.41) is 14.1. The second-order valence-corrected chi connectivity index (χ2v) is 7.99. The van der Waals surface area contributed by atoms with Gasteiger partial charge in [-0.3, -0.25) is 4.79 Å². The molecular weight excluding hydrogens is 366 g/mol. The quantitative estimate of drug-likeness (QED) is 0.660. The summed E-state index contributed by atoms with van der Waals surface area (Å²) in [5.41, 5.74) is 9.15. The van der Waals surface area contributed by atoms with E-state index in [2.05, 4.69) is 16.2 Å². The number of thiazole rings is 1. The number of rotatable bonds is 6. The number of carbonyl (C=O) groups is 1. The predicted octanol–water partition coefficient (Wildman–Crippen LogP) is 3.14. The number of nitrogens with zero attached hydrogens (tertiary/aromatic N) is 4. The summed E-state index contributed by atoms with van der Waals surface area (Å²) >= 11 is 3.00. The third-order valence-electron chi connectivity index (χ3n) is 3.81. The van der Waals surface area contributed by atoms with Crippen molar-refractivity contribution in [2.45, 2.75) is 30.4 Å². The first-order valence-electron chi connectivity index (χ1n) is 7.91. The van der Waals surface area contributed by atoms with Crippen molar-refractivity contribution in [3.8, 4) is 11.8 Å². The third kappa shape index (κ3) is 3.79. The van der Waals surface area contributed by atoms with Gasteiger partial charge in [-0.15, -0.1) is 11.3 Å². The van der Waals surface area contributed by atoms with Crippen LogP contribution in [0.25, 0.3) is 5.69 Å². The summed E-state index contributed by atoms with van der Waals surface area (Å²) in [4.78, 5) is 16.5. The minimum Gasteiger partial charge on any atom is -0.369 e. The number of amides is 1. The van der Waals surface area contributed by atoms with Crippen molar-refractivity contribution in [2.24, 2.45) is 5.73 Å². The van der Waals surface area contributed by atoms with Crippen LogP contribution >= 0.6 is 23.1 Å². The molecule has 1 amide bonds. The van der Waals surface area contributed by atoms with E-state index in [-0.39, 0.29) is 12.3 Å². The summed E-state index contributed by atoms with van der Waals surface area (Å²) in [6.45, 7) is 3.71. The number of primary amides is 1. The van der Waals surface area contributed by atoms with Crippen LogP contribution in [0.4, 0.5) is 0 Å². The van der Waals surface area contributed by atoms with Gasteiger partial charge in [0.05, 0.1) is 34.8 Å². The number of thioether (sulfide) groups is 1. The van der Waals surface area contributed by atoms with E-state index in [0.29, 0.717) is 17.0 Å². The number of nitrogens with two attached hydrogens (primary N) is 1. The molecule has 8 heteroatoms. The first kappa shape index (κ1) is 18.2. The molecule has 0 saturated carbocycles. The molecule has 0 saturated heterocycles. The van der Waals surface area contributed by atoms with E-state index in [9.17, 15) is 10.1 Å². The molecule has 0 spiro atoms. The Labute approximate surface area is 159 Å². The monoisotopic (exact) mass is 383 g/mol. The first-order valence-corrected chi connectivity index (χ1v) is 9.71. The van der Waals surface area contributed by atoms with Crippen LogP contribution in [0.1, 0.15) is 27.5 Å². The van der Waals surface area contributed by atoms with Crippen molar-refractivity contribution in [3.63, 3.8) is 0 Å². The zero-order valence-corrected chi connectivity index (χ0v) is 16.0. The summed E-state index contributed by atoms with van der Waals surface area (Å²) in [5.74, 6) is 0.194. The molecule has 1 aromatic carbocycles.